The van der Waals surface area contributed by atoms with Crippen LogP contribution < -0.4 is 5.32 Å². The second-order valence-corrected chi connectivity index (χ2v) is 4.86. The number of carboxylic acids is 1. The highest BCUT2D eigenvalue weighted by Crippen LogP contribution is 2.36. The van der Waals surface area contributed by atoms with Gasteiger partial charge in [0.15, 0.2) is 0 Å². The highest BCUT2D eigenvalue weighted by molar-refractivity contribution is 6.34. The summed E-state index contributed by atoms with van der Waals surface area (Å²) in [5.41, 5.74) is -0.541. The molecule has 2 aromatic rings. The first kappa shape index (κ1) is 15.1. The minimum Gasteiger partial charge on any atom is -0.478 e. The number of nitrogens with one attached hydrogen (secondary N) is 1. The summed E-state index contributed by atoms with van der Waals surface area (Å²) in [6, 6.07) is 8.67. The number of nitrogens with zero attached hydrogens (tertiary/aromatic N) is 1. The maximum Gasteiger partial charge on any atom is 0.339 e. The van der Waals surface area contributed by atoms with Crippen LogP contribution in [0.2, 0.25) is 10.0 Å². The zero-order valence-corrected chi connectivity index (χ0v) is 11.9. The van der Waals surface area contributed by atoms with E-state index in [9.17, 15) is 20.0 Å². The normalized spacial score (nSPS) is 10.2. The summed E-state index contributed by atoms with van der Waals surface area (Å²) in [7, 11) is 0. The number of nitro benzene ring substituents is 1. The molecule has 0 amide bonds. The van der Waals surface area contributed by atoms with Gasteiger partial charge < -0.3 is 10.4 Å². The Morgan fingerprint density at radius 2 is 1.95 bits per heavy atom. The first-order valence-corrected chi connectivity index (χ1v) is 6.38. The summed E-state index contributed by atoms with van der Waals surface area (Å²) in [5, 5.41) is 23.3. The Morgan fingerprint density at radius 3 is 2.52 bits per heavy atom. The third kappa shape index (κ3) is 3.24. The van der Waals surface area contributed by atoms with E-state index >= 15 is 0 Å². The van der Waals surface area contributed by atoms with Gasteiger partial charge in [-0.05, 0) is 24.3 Å². The van der Waals surface area contributed by atoms with E-state index in [1.165, 1.54) is 12.1 Å². The fraction of sp³-hybridized carbons (Fsp3) is 0. The first-order chi connectivity index (χ1) is 9.90. The molecule has 8 heteroatoms. The molecule has 0 spiro atoms. The summed E-state index contributed by atoms with van der Waals surface area (Å²) >= 11 is 11.7. The van der Waals surface area contributed by atoms with Gasteiger partial charge in [-0.3, -0.25) is 10.1 Å². The van der Waals surface area contributed by atoms with Gasteiger partial charge in [0.1, 0.15) is 11.3 Å². The Bertz CT molecular complexity index is 734. The summed E-state index contributed by atoms with van der Waals surface area (Å²) in [6.45, 7) is 0. The van der Waals surface area contributed by atoms with Gasteiger partial charge in [-0.15, -0.1) is 0 Å². The molecule has 0 saturated carbocycles. The number of hydrogen-bond acceptors (Lipinski definition) is 4. The van der Waals surface area contributed by atoms with Crippen LogP contribution in [0.5, 0.6) is 0 Å². The highest BCUT2D eigenvalue weighted by atomic mass is 35.5. The Balaban J connectivity index is 2.61. The highest BCUT2D eigenvalue weighted by Gasteiger charge is 2.24. The Labute approximate surface area is 129 Å². The molecule has 0 fully saturated rings. The molecule has 0 unspecified atom stereocenters. The van der Waals surface area contributed by atoms with E-state index in [-0.39, 0.29) is 16.3 Å². The number of anilines is 2. The van der Waals surface area contributed by atoms with Crippen LogP contribution in [0.25, 0.3) is 0 Å². The molecule has 0 aliphatic rings. The molecule has 0 atom stereocenters. The predicted molar refractivity (Wildman–Crippen MR) is 79.8 cm³/mol. The van der Waals surface area contributed by atoms with E-state index in [0.717, 1.165) is 6.07 Å². The molecule has 0 aliphatic carbocycles. The number of benzene rings is 2. The zero-order valence-electron chi connectivity index (χ0n) is 10.3. The minimum absolute atomic E-state index is 0.0994. The maximum absolute atomic E-state index is 11.3. The second kappa shape index (κ2) is 5.99. The van der Waals surface area contributed by atoms with Crippen molar-refractivity contribution in [2.45, 2.75) is 0 Å². The number of aromatic carboxylic acids is 1. The third-order valence-corrected chi connectivity index (χ3v) is 3.19. The Hall–Kier alpha value is -2.31. The van der Waals surface area contributed by atoms with Crippen LogP contribution in [-0.2, 0) is 0 Å². The minimum atomic E-state index is -1.37. The molecule has 2 N–H and O–H groups in total. The number of rotatable bonds is 4. The average Bonchev–Trinajstić information content (AvgIpc) is 2.37. The standard InChI is InChI=1S/C13H8Cl2N2O4/c14-7-2-1-3-8(6-7)16-12-10(17(20)21)5-4-9(15)11(12)13(18)19/h1-6,16H,(H,18,19). The first-order valence-electron chi connectivity index (χ1n) is 5.63. The van der Waals surface area contributed by atoms with Crippen LogP contribution in [0.15, 0.2) is 36.4 Å². The largest absolute Gasteiger partial charge is 0.478 e. The Kier molecular flexibility index (Phi) is 4.30. The lowest BCUT2D eigenvalue weighted by molar-refractivity contribution is -0.383. The molecule has 108 valence electrons. The molecule has 6 nitrogen and oxygen atoms in total. The lowest BCUT2D eigenvalue weighted by Gasteiger charge is -2.11. The number of hydrogen-bond donors (Lipinski definition) is 2. The van der Waals surface area contributed by atoms with Crippen LogP contribution >= 0.6 is 23.2 Å². The van der Waals surface area contributed by atoms with Crippen molar-refractivity contribution in [2.75, 3.05) is 5.32 Å². The number of halogens is 2. The summed E-state index contributed by atoms with van der Waals surface area (Å²) < 4.78 is 0. The molecule has 21 heavy (non-hydrogen) atoms. The monoisotopic (exact) mass is 326 g/mol. The van der Waals surface area contributed by atoms with Gasteiger partial charge in [0, 0.05) is 16.8 Å². The average molecular weight is 327 g/mol. The van der Waals surface area contributed by atoms with Crippen molar-refractivity contribution >= 4 is 46.2 Å². The summed E-state index contributed by atoms with van der Waals surface area (Å²) in [4.78, 5) is 21.7. The van der Waals surface area contributed by atoms with E-state index in [1.54, 1.807) is 18.2 Å². The van der Waals surface area contributed by atoms with Crippen molar-refractivity contribution in [1.82, 2.24) is 0 Å². The Morgan fingerprint density at radius 1 is 1.24 bits per heavy atom. The molecule has 0 bridgehead atoms. The number of carboxylic acid groups (broad SMARTS) is 1. The quantitative estimate of drug-likeness (QED) is 0.643. The van der Waals surface area contributed by atoms with Crippen molar-refractivity contribution < 1.29 is 14.8 Å². The van der Waals surface area contributed by atoms with Crippen molar-refractivity contribution in [3.8, 4) is 0 Å². The summed E-state index contributed by atoms with van der Waals surface area (Å²) in [5.74, 6) is -1.37. The fourth-order valence-electron chi connectivity index (χ4n) is 1.76. The fourth-order valence-corrected chi connectivity index (χ4v) is 2.19. The molecular formula is C13H8Cl2N2O4. The number of carbonyl (C=O) groups is 1. The van der Waals surface area contributed by atoms with E-state index < -0.39 is 16.6 Å². The van der Waals surface area contributed by atoms with Gasteiger partial charge in [-0.1, -0.05) is 29.3 Å². The van der Waals surface area contributed by atoms with Crippen LogP contribution in [0.4, 0.5) is 17.1 Å². The van der Waals surface area contributed by atoms with Crippen molar-refractivity contribution in [1.29, 1.82) is 0 Å². The van der Waals surface area contributed by atoms with Crippen molar-refractivity contribution in [2.24, 2.45) is 0 Å². The van der Waals surface area contributed by atoms with Crippen LogP contribution in [0.1, 0.15) is 10.4 Å². The molecular weight excluding hydrogens is 319 g/mol. The topological polar surface area (TPSA) is 92.5 Å². The molecule has 0 saturated heterocycles. The van der Waals surface area contributed by atoms with Gasteiger partial charge in [-0.25, -0.2) is 4.79 Å². The van der Waals surface area contributed by atoms with E-state index in [2.05, 4.69) is 5.32 Å². The number of nitro groups is 1. The van der Waals surface area contributed by atoms with Gasteiger partial charge in [0.05, 0.1) is 9.95 Å². The predicted octanol–water partition coefficient (Wildman–Crippen LogP) is 4.34. The molecule has 0 heterocycles. The second-order valence-electron chi connectivity index (χ2n) is 4.01. The van der Waals surface area contributed by atoms with Gasteiger partial charge in [0.25, 0.3) is 5.69 Å². The van der Waals surface area contributed by atoms with Crippen LogP contribution in [0.3, 0.4) is 0 Å². The lowest BCUT2D eigenvalue weighted by atomic mass is 10.1. The van der Waals surface area contributed by atoms with Gasteiger partial charge >= 0.3 is 5.97 Å². The molecule has 2 aromatic carbocycles. The maximum atomic E-state index is 11.3. The molecule has 0 radical (unpaired) electrons. The van der Waals surface area contributed by atoms with Crippen LogP contribution in [-0.4, -0.2) is 16.0 Å². The van der Waals surface area contributed by atoms with Crippen LogP contribution in [0, 0.1) is 10.1 Å². The molecule has 0 aromatic heterocycles. The van der Waals surface area contributed by atoms with Gasteiger partial charge in [0.2, 0.25) is 0 Å². The van der Waals surface area contributed by atoms with E-state index in [1.807, 2.05) is 0 Å². The van der Waals surface area contributed by atoms with Crippen molar-refractivity contribution in [3.05, 3.63) is 62.1 Å². The SMILES string of the molecule is O=C(O)c1c(Cl)ccc([N+](=O)[O-])c1Nc1cccc(Cl)c1. The molecule has 2 rings (SSSR count). The van der Waals surface area contributed by atoms with Gasteiger partial charge in [-0.2, -0.15) is 0 Å². The summed E-state index contributed by atoms with van der Waals surface area (Å²) in [6.07, 6.45) is 0. The lowest BCUT2D eigenvalue weighted by Crippen LogP contribution is -2.07. The zero-order chi connectivity index (χ0) is 15.6. The van der Waals surface area contributed by atoms with Crippen molar-refractivity contribution in [3.63, 3.8) is 0 Å². The third-order valence-electron chi connectivity index (χ3n) is 2.64. The molecule has 0 aliphatic heterocycles. The smallest absolute Gasteiger partial charge is 0.339 e. The van der Waals surface area contributed by atoms with E-state index in [4.69, 9.17) is 23.2 Å². The van der Waals surface area contributed by atoms with E-state index in [0.29, 0.717) is 10.7 Å².